The summed E-state index contributed by atoms with van der Waals surface area (Å²) >= 11 is 0. The van der Waals surface area contributed by atoms with Crippen molar-refractivity contribution in [3.8, 4) is 0 Å². The molecule has 0 unspecified atom stereocenters. The molecule has 2 N–H and O–H groups in total. The molecular weight excluding hydrogens is 263 g/mol. The van der Waals surface area contributed by atoms with Crippen LogP contribution in [0.3, 0.4) is 0 Å². The minimum atomic E-state index is -0.706. The van der Waals surface area contributed by atoms with Crippen LogP contribution in [0.5, 0.6) is 0 Å². The van der Waals surface area contributed by atoms with Crippen molar-refractivity contribution in [1.29, 1.82) is 0 Å². The topological polar surface area (TPSA) is 92.7 Å². The van der Waals surface area contributed by atoms with Crippen LogP contribution in [0.1, 0.15) is 23.7 Å². The van der Waals surface area contributed by atoms with Crippen LogP contribution in [0.25, 0.3) is 0 Å². The second-order valence-corrected chi connectivity index (χ2v) is 3.87. The Labute approximate surface area is 114 Å². The molecule has 0 aliphatic heterocycles. The van der Waals surface area contributed by atoms with Crippen molar-refractivity contribution in [2.75, 3.05) is 17.2 Å². The molecule has 0 saturated heterocycles. The van der Waals surface area contributed by atoms with Gasteiger partial charge in [0.25, 0.3) is 5.91 Å². The highest BCUT2D eigenvalue weighted by Gasteiger charge is 2.16. The fourth-order valence-electron chi connectivity index (χ4n) is 1.46. The van der Waals surface area contributed by atoms with Gasteiger partial charge in [-0.25, -0.2) is 14.4 Å². The van der Waals surface area contributed by atoms with E-state index in [0.29, 0.717) is 6.54 Å². The Kier molecular flexibility index (Phi) is 4.48. The molecule has 2 aromatic heterocycles. The fourth-order valence-corrected chi connectivity index (χ4v) is 1.46. The van der Waals surface area contributed by atoms with E-state index in [1.165, 1.54) is 24.7 Å². The number of carbonyl (C=O) groups excluding carboxylic acids is 1. The number of amides is 1. The first-order chi connectivity index (χ1) is 9.72. The second-order valence-electron chi connectivity index (χ2n) is 3.87. The van der Waals surface area contributed by atoms with Crippen molar-refractivity contribution in [3.63, 3.8) is 0 Å². The number of pyridine rings is 1. The Bertz CT molecular complexity index is 592. The average molecular weight is 276 g/mol. The molecule has 0 radical (unpaired) electrons. The fraction of sp³-hybridized carbons (Fsp3) is 0.250. The number of aromatic nitrogens is 4. The first-order valence-corrected chi connectivity index (χ1v) is 6.05. The quantitative estimate of drug-likeness (QED) is 0.859. The van der Waals surface area contributed by atoms with Crippen LogP contribution in [-0.2, 0) is 0 Å². The molecule has 0 fully saturated rings. The van der Waals surface area contributed by atoms with E-state index in [4.69, 9.17) is 0 Å². The third-order valence-electron chi connectivity index (χ3n) is 2.38. The average Bonchev–Trinajstić information content (AvgIpc) is 2.47. The maximum Gasteiger partial charge on any atom is 0.261 e. The number of halogens is 1. The number of hydrogen-bond donors (Lipinski definition) is 2. The molecule has 2 heterocycles. The first kappa shape index (κ1) is 13.8. The molecule has 104 valence electrons. The standard InChI is InChI=1S/C12H13FN6O/c1-2-4-14-10-9(13)8(3-5-15-10)11(20)18-12-16-6-7-17-19-12/h3,5-7H,2,4H2,1H3,(H,14,15)(H,16,18,19,20). The molecule has 0 bridgehead atoms. The van der Waals surface area contributed by atoms with Gasteiger partial charge in [0, 0.05) is 12.7 Å². The summed E-state index contributed by atoms with van der Waals surface area (Å²) in [5.41, 5.74) is -0.133. The van der Waals surface area contributed by atoms with Crippen molar-refractivity contribution in [2.24, 2.45) is 0 Å². The van der Waals surface area contributed by atoms with Crippen molar-refractivity contribution < 1.29 is 9.18 Å². The van der Waals surface area contributed by atoms with E-state index < -0.39 is 11.7 Å². The van der Waals surface area contributed by atoms with Gasteiger partial charge in [-0.05, 0) is 12.5 Å². The second kappa shape index (κ2) is 6.50. The summed E-state index contributed by atoms with van der Waals surface area (Å²) in [7, 11) is 0. The summed E-state index contributed by atoms with van der Waals surface area (Å²) in [6.45, 7) is 2.52. The van der Waals surface area contributed by atoms with Crippen LogP contribution in [0.15, 0.2) is 24.7 Å². The van der Waals surface area contributed by atoms with Crippen LogP contribution < -0.4 is 10.6 Å². The molecule has 8 heteroatoms. The summed E-state index contributed by atoms with van der Waals surface area (Å²) in [5.74, 6) is -1.30. The Morgan fingerprint density at radius 3 is 2.85 bits per heavy atom. The van der Waals surface area contributed by atoms with Gasteiger partial charge in [0.1, 0.15) is 0 Å². The van der Waals surface area contributed by atoms with Gasteiger partial charge in [-0.2, -0.15) is 5.10 Å². The maximum atomic E-state index is 14.1. The molecule has 0 atom stereocenters. The molecule has 20 heavy (non-hydrogen) atoms. The molecule has 0 aliphatic rings. The summed E-state index contributed by atoms with van der Waals surface area (Å²) < 4.78 is 14.1. The Morgan fingerprint density at radius 1 is 1.30 bits per heavy atom. The molecule has 0 saturated carbocycles. The lowest BCUT2D eigenvalue weighted by Gasteiger charge is -2.08. The third-order valence-corrected chi connectivity index (χ3v) is 2.38. The zero-order chi connectivity index (χ0) is 14.4. The van der Waals surface area contributed by atoms with Crippen LogP contribution in [-0.4, -0.2) is 32.6 Å². The van der Waals surface area contributed by atoms with Crippen LogP contribution in [0, 0.1) is 5.82 Å². The summed E-state index contributed by atoms with van der Waals surface area (Å²) in [4.78, 5) is 19.6. The van der Waals surface area contributed by atoms with Crippen molar-refractivity contribution >= 4 is 17.7 Å². The molecule has 0 aliphatic carbocycles. The molecule has 2 aromatic rings. The van der Waals surface area contributed by atoms with E-state index in [-0.39, 0.29) is 17.3 Å². The third kappa shape index (κ3) is 3.22. The van der Waals surface area contributed by atoms with Gasteiger partial charge >= 0.3 is 0 Å². The van der Waals surface area contributed by atoms with E-state index in [1.54, 1.807) is 0 Å². The van der Waals surface area contributed by atoms with Crippen LogP contribution in [0.4, 0.5) is 16.2 Å². The van der Waals surface area contributed by atoms with Gasteiger partial charge in [0.15, 0.2) is 11.6 Å². The minimum Gasteiger partial charge on any atom is -0.368 e. The molecule has 1 amide bonds. The zero-order valence-corrected chi connectivity index (χ0v) is 10.8. The van der Waals surface area contributed by atoms with E-state index in [9.17, 15) is 9.18 Å². The van der Waals surface area contributed by atoms with Gasteiger partial charge in [-0.1, -0.05) is 6.92 Å². The highest BCUT2D eigenvalue weighted by Crippen LogP contribution is 2.15. The first-order valence-electron chi connectivity index (χ1n) is 6.05. The highest BCUT2D eigenvalue weighted by atomic mass is 19.1. The Hall–Kier alpha value is -2.64. The Morgan fingerprint density at radius 2 is 2.15 bits per heavy atom. The van der Waals surface area contributed by atoms with Crippen molar-refractivity contribution in [3.05, 3.63) is 36.0 Å². The predicted octanol–water partition coefficient (Wildman–Crippen LogP) is 1.48. The van der Waals surface area contributed by atoms with Gasteiger partial charge in [0.05, 0.1) is 18.0 Å². The smallest absolute Gasteiger partial charge is 0.261 e. The van der Waals surface area contributed by atoms with Crippen molar-refractivity contribution in [1.82, 2.24) is 20.2 Å². The van der Waals surface area contributed by atoms with E-state index >= 15 is 0 Å². The highest BCUT2D eigenvalue weighted by molar-refractivity contribution is 6.03. The summed E-state index contributed by atoms with van der Waals surface area (Å²) in [6, 6.07) is 1.29. The summed E-state index contributed by atoms with van der Waals surface area (Å²) in [5, 5.41) is 12.3. The number of nitrogens with one attached hydrogen (secondary N) is 2. The molecule has 0 aromatic carbocycles. The minimum absolute atomic E-state index is 0.0109. The lowest BCUT2D eigenvalue weighted by atomic mass is 10.2. The zero-order valence-electron chi connectivity index (χ0n) is 10.8. The van der Waals surface area contributed by atoms with Gasteiger partial charge in [-0.3, -0.25) is 10.1 Å². The monoisotopic (exact) mass is 276 g/mol. The SMILES string of the molecule is CCCNc1nccc(C(=O)Nc2nccnn2)c1F. The number of carbonyl (C=O) groups is 1. The van der Waals surface area contributed by atoms with Crippen molar-refractivity contribution in [2.45, 2.75) is 13.3 Å². The summed E-state index contributed by atoms with van der Waals surface area (Å²) in [6.07, 6.45) is 4.93. The molecule has 7 nitrogen and oxygen atoms in total. The molecule has 2 rings (SSSR count). The van der Waals surface area contributed by atoms with E-state index in [1.807, 2.05) is 6.92 Å². The van der Waals surface area contributed by atoms with Gasteiger partial charge in [-0.15, -0.1) is 5.10 Å². The van der Waals surface area contributed by atoms with Gasteiger partial charge < -0.3 is 5.32 Å². The maximum absolute atomic E-state index is 14.1. The normalized spacial score (nSPS) is 10.1. The molecule has 0 spiro atoms. The van der Waals surface area contributed by atoms with E-state index in [2.05, 4.69) is 30.8 Å². The van der Waals surface area contributed by atoms with Gasteiger partial charge in [0.2, 0.25) is 5.95 Å². The number of anilines is 2. The van der Waals surface area contributed by atoms with Crippen LogP contribution >= 0.6 is 0 Å². The van der Waals surface area contributed by atoms with E-state index in [0.717, 1.165) is 6.42 Å². The lowest BCUT2D eigenvalue weighted by Crippen LogP contribution is -2.17. The number of rotatable bonds is 5. The number of nitrogens with zero attached hydrogens (tertiary/aromatic N) is 4. The van der Waals surface area contributed by atoms with Crippen LogP contribution in [0.2, 0.25) is 0 Å². The lowest BCUT2D eigenvalue weighted by molar-refractivity contribution is 0.102. The predicted molar refractivity (Wildman–Crippen MR) is 70.8 cm³/mol. The molecular formula is C12H13FN6O. The Balaban J connectivity index is 2.17. The number of hydrogen-bond acceptors (Lipinski definition) is 6. The largest absolute Gasteiger partial charge is 0.368 e.